The summed E-state index contributed by atoms with van der Waals surface area (Å²) in [5.74, 6) is 1.30. The molecule has 11 heavy (non-hydrogen) atoms. The molecule has 0 fully saturated rings. The van der Waals surface area contributed by atoms with E-state index >= 15 is 0 Å². The van der Waals surface area contributed by atoms with Crippen LogP contribution in [0.4, 0.5) is 0 Å². The van der Waals surface area contributed by atoms with Crippen molar-refractivity contribution in [2.24, 2.45) is 11.8 Å². The van der Waals surface area contributed by atoms with Crippen LogP contribution in [0.3, 0.4) is 0 Å². The summed E-state index contributed by atoms with van der Waals surface area (Å²) in [4.78, 5) is 0. The highest BCUT2D eigenvalue weighted by Crippen LogP contribution is 2.08. The minimum absolute atomic E-state index is 0.556. The maximum absolute atomic E-state index is 3.93. The van der Waals surface area contributed by atoms with Gasteiger partial charge in [-0.3, -0.25) is 0 Å². The van der Waals surface area contributed by atoms with Crippen molar-refractivity contribution in [3.8, 4) is 0 Å². The van der Waals surface area contributed by atoms with Crippen molar-refractivity contribution < 1.29 is 0 Å². The molecule has 0 aromatic rings. The second kappa shape index (κ2) is 6.45. The number of allylic oxidation sites excluding steroid dienone is 2. The van der Waals surface area contributed by atoms with Crippen LogP contribution in [-0.4, -0.2) is 0 Å². The van der Waals surface area contributed by atoms with Gasteiger partial charge in [0, 0.05) is 0 Å². The highest BCUT2D eigenvalue weighted by Gasteiger charge is 1.93. The van der Waals surface area contributed by atoms with Crippen LogP contribution in [-0.2, 0) is 0 Å². The molecule has 0 N–H and O–H groups in total. The second-order valence-corrected chi connectivity index (χ2v) is 3.53. The topological polar surface area (TPSA) is 0 Å². The Morgan fingerprint density at radius 2 is 2.00 bits per heavy atom. The van der Waals surface area contributed by atoms with Gasteiger partial charge >= 0.3 is 0 Å². The third-order valence-electron chi connectivity index (χ3n) is 1.75. The average Bonchev–Trinajstić information content (AvgIpc) is 1.87. The molecular formula is C11H21. The summed E-state index contributed by atoms with van der Waals surface area (Å²) >= 11 is 0. The van der Waals surface area contributed by atoms with Gasteiger partial charge in [0.25, 0.3) is 0 Å². The van der Waals surface area contributed by atoms with Gasteiger partial charge in [0.2, 0.25) is 0 Å². The molecule has 1 radical (unpaired) electrons. The first-order chi connectivity index (χ1) is 5.16. The van der Waals surface area contributed by atoms with Crippen molar-refractivity contribution in [3.05, 3.63) is 19.1 Å². The molecule has 2 unspecified atom stereocenters. The largest absolute Gasteiger partial charge is 0.0880 e. The third kappa shape index (κ3) is 7.64. The number of rotatable bonds is 5. The van der Waals surface area contributed by atoms with Gasteiger partial charge in [-0.1, -0.05) is 46.3 Å². The zero-order chi connectivity index (χ0) is 8.69. The van der Waals surface area contributed by atoms with E-state index in [2.05, 4.69) is 39.8 Å². The SMILES string of the molecule is [CH2]C(C)C/C=C/C(C)CCC. The average molecular weight is 153 g/mol. The summed E-state index contributed by atoms with van der Waals surface area (Å²) in [7, 11) is 0. The molecule has 0 aliphatic carbocycles. The predicted molar refractivity (Wildman–Crippen MR) is 52.4 cm³/mol. The van der Waals surface area contributed by atoms with Crippen LogP contribution in [0.5, 0.6) is 0 Å². The summed E-state index contributed by atoms with van der Waals surface area (Å²) in [6.07, 6.45) is 8.28. The van der Waals surface area contributed by atoms with E-state index in [1.165, 1.54) is 12.8 Å². The van der Waals surface area contributed by atoms with E-state index in [0.717, 1.165) is 12.3 Å². The Hall–Kier alpha value is -0.260. The lowest BCUT2D eigenvalue weighted by Gasteiger charge is -2.03. The fourth-order valence-corrected chi connectivity index (χ4v) is 1.09. The van der Waals surface area contributed by atoms with Crippen LogP contribution in [0.2, 0.25) is 0 Å². The molecule has 0 heterocycles. The molecule has 0 bridgehead atoms. The maximum Gasteiger partial charge on any atom is -0.0262 e. The van der Waals surface area contributed by atoms with Crippen LogP contribution < -0.4 is 0 Å². The van der Waals surface area contributed by atoms with Crippen LogP contribution in [0.15, 0.2) is 12.2 Å². The first-order valence-corrected chi connectivity index (χ1v) is 4.66. The van der Waals surface area contributed by atoms with Gasteiger partial charge in [-0.05, 0) is 24.7 Å². The Bertz CT molecular complexity index is 101. The van der Waals surface area contributed by atoms with Crippen molar-refractivity contribution in [2.75, 3.05) is 0 Å². The lowest BCUT2D eigenvalue weighted by molar-refractivity contribution is 0.628. The lowest BCUT2D eigenvalue weighted by atomic mass is 10.0. The van der Waals surface area contributed by atoms with Crippen molar-refractivity contribution in [2.45, 2.75) is 40.0 Å². The van der Waals surface area contributed by atoms with Crippen molar-refractivity contribution >= 4 is 0 Å². The van der Waals surface area contributed by atoms with Gasteiger partial charge < -0.3 is 0 Å². The monoisotopic (exact) mass is 153 g/mol. The first-order valence-electron chi connectivity index (χ1n) is 4.66. The summed E-state index contributed by atoms with van der Waals surface area (Å²) in [5, 5.41) is 0. The zero-order valence-corrected chi connectivity index (χ0v) is 8.14. The van der Waals surface area contributed by atoms with Crippen molar-refractivity contribution in [3.63, 3.8) is 0 Å². The van der Waals surface area contributed by atoms with Gasteiger partial charge in [-0.15, -0.1) is 0 Å². The van der Waals surface area contributed by atoms with Gasteiger partial charge in [0.05, 0.1) is 0 Å². The molecule has 0 aliphatic rings. The van der Waals surface area contributed by atoms with Gasteiger partial charge in [-0.2, -0.15) is 0 Å². The highest BCUT2D eigenvalue weighted by molar-refractivity contribution is 4.87. The molecule has 0 heteroatoms. The highest BCUT2D eigenvalue weighted by atomic mass is 14.0. The lowest BCUT2D eigenvalue weighted by Crippen LogP contribution is -1.88. The Balaban J connectivity index is 3.39. The second-order valence-electron chi connectivity index (χ2n) is 3.53. The molecule has 2 atom stereocenters. The van der Waals surface area contributed by atoms with Crippen LogP contribution in [0.1, 0.15) is 40.0 Å². The van der Waals surface area contributed by atoms with E-state index in [9.17, 15) is 0 Å². The van der Waals surface area contributed by atoms with Crippen molar-refractivity contribution in [1.82, 2.24) is 0 Å². The molecule has 65 valence electrons. The van der Waals surface area contributed by atoms with E-state index in [1.54, 1.807) is 0 Å². The fourth-order valence-electron chi connectivity index (χ4n) is 1.09. The Labute approximate surface area is 71.7 Å². The van der Waals surface area contributed by atoms with E-state index in [4.69, 9.17) is 0 Å². The Kier molecular flexibility index (Phi) is 6.30. The van der Waals surface area contributed by atoms with E-state index < -0.39 is 0 Å². The summed E-state index contributed by atoms with van der Waals surface area (Å²) in [5.41, 5.74) is 0. The molecule has 0 spiro atoms. The molecule has 0 nitrogen and oxygen atoms in total. The third-order valence-corrected chi connectivity index (χ3v) is 1.75. The minimum atomic E-state index is 0.556. The molecule has 0 aromatic carbocycles. The van der Waals surface area contributed by atoms with Crippen molar-refractivity contribution in [1.29, 1.82) is 0 Å². The minimum Gasteiger partial charge on any atom is -0.0880 e. The molecule has 0 aliphatic heterocycles. The zero-order valence-electron chi connectivity index (χ0n) is 8.14. The van der Waals surface area contributed by atoms with Crippen LogP contribution in [0.25, 0.3) is 0 Å². The quantitative estimate of drug-likeness (QED) is 0.526. The molecular weight excluding hydrogens is 132 g/mol. The van der Waals surface area contributed by atoms with E-state index in [-0.39, 0.29) is 0 Å². The van der Waals surface area contributed by atoms with E-state index in [0.29, 0.717) is 5.92 Å². The van der Waals surface area contributed by atoms with Crippen LogP contribution >= 0.6 is 0 Å². The normalized spacial score (nSPS) is 14.6. The standard InChI is InChI=1S/C11H21/c1-5-7-11(4)9-6-8-10(2)3/h6,9-11H,2,5,7-8H2,1,3-4H3/b9-6+. The smallest absolute Gasteiger partial charge is 0.0262 e. The molecule has 0 saturated carbocycles. The Morgan fingerprint density at radius 1 is 1.36 bits per heavy atom. The van der Waals surface area contributed by atoms with Gasteiger partial charge in [0.1, 0.15) is 0 Å². The number of hydrogen-bond donors (Lipinski definition) is 0. The van der Waals surface area contributed by atoms with Gasteiger partial charge in [-0.25, -0.2) is 0 Å². The molecule has 0 saturated heterocycles. The summed E-state index contributed by atoms with van der Waals surface area (Å²) in [6.45, 7) is 10.6. The summed E-state index contributed by atoms with van der Waals surface area (Å²) < 4.78 is 0. The van der Waals surface area contributed by atoms with E-state index in [1.807, 2.05) is 0 Å². The van der Waals surface area contributed by atoms with Crippen LogP contribution in [0, 0.1) is 18.8 Å². The molecule has 0 aromatic heterocycles. The fraction of sp³-hybridized carbons (Fsp3) is 0.727. The number of hydrogen-bond acceptors (Lipinski definition) is 0. The predicted octanol–water partition coefficient (Wildman–Crippen LogP) is 3.84. The summed E-state index contributed by atoms with van der Waals surface area (Å²) in [6, 6.07) is 0. The molecule has 0 rings (SSSR count). The van der Waals surface area contributed by atoms with Gasteiger partial charge in [0.15, 0.2) is 0 Å². The molecule has 0 amide bonds. The Morgan fingerprint density at radius 3 is 2.45 bits per heavy atom. The maximum atomic E-state index is 3.93. The first kappa shape index (κ1) is 10.7.